The van der Waals surface area contributed by atoms with E-state index in [2.05, 4.69) is 25.3 Å². The minimum absolute atomic E-state index is 0.204. The Hall–Kier alpha value is -3.53. The molecular weight excluding hydrogens is 352 g/mol. The van der Waals surface area contributed by atoms with Crippen molar-refractivity contribution < 1.29 is 19.5 Å². The third-order valence-corrected chi connectivity index (χ3v) is 3.77. The molecule has 0 radical (unpaired) electrons. The van der Waals surface area contributed by atoms with Gasteiger partial charge < -0.3 is 15.0 Å². The van der Waals surface area contributed by atoms with Gasteiger partial charge in [0.25, 0.3) is 5.91 Å². The second kappa shape index (κ2) is 8.72. The number of H-pyrrole nitrogens is 1. The van der Waals surface area contributed by atoms with E-state index in [0.717, 1.165) is 0 Å². The van der Waals surface area contributed by atoms with E-state index in [1.54, 1.807) is 29.7 Å². The second-order valence-corrected chi connectivity index (χ2v) is 5.61. The fraction of sp³-hybridized carbons (Fsp3) is 0.235. The van der Waals surface area contributed by atoms with Gasteiger partial charge in [0.1, 0.15) is 17.6 Å². The Labute approximate surface area is 154 Å². The Morgan fingerprint density at radius 2 is 2.00 bits per heavy atom. The molecule has 0 atom stereocenters. The summed E-state index contributed by atoms with van der Waals surface area (Å²) in [6.07, 6.45) is 4.16. The normalized spacial score (nSPS) is 10.6. The Morgan fingerprint density at radius 1 is 1.15 bits per heavy atom. The minimum Gasteiger partial charge on any atom is -0.493 e. The lowest BCUT2D eigenvalue weighted by molar-refractivity contribution is -0.129. The van der Waals surface area contributed by atoms with Crippen LogP contribution in [0.5, 0.6) is 5.75 Å². The number of carbonyl (C=O) groups is 2. The van der Waals surface area contributed by atoms with E-state index in [0.29, 0.717) is 47.7 Å². The topological polar surface area (TPSA) is 142 Å². The Balaban J connectivity index is 1.63. The highest BCUT2D eigenvalue weighted by atomic mass is 16.5. The van der Waals surface area contributed by atoms with E-state index in [-0.39, 0.29) is 12.3 Å². The fourth-order valence-corrected chi connectivity index (χ4v) is 2.44. The molecule has 0 bridgehead atoms. The Kier molecular flexibility index (Phi) is 5.90. The molecule has 2 aromatic heterocycles. The number of aromatic nitrogens is 4. The molecule has 140 valence electrons. The molecular formula is C17H18N6O4. The maximum atomic E-state index is 12.7. The molecule has 10 heteroatoms. The molecule has 0 saturated carbocycles. The number of fused-ring (bicyclic) bond motifs is 1. The lowest BCUT2D eigenvalue weighted by atomic mass is 10.2. The average molecular weight is 370 g/mol. The number of rotatable bonds is 8. The lowest BCUT2D eigenvalue weighted by Gasteiger charge is -2.11. The molecule has 0 aliphatic heterocycles. The number of benzene rings is 1. The van der Waals surface area contributed by atoms with Crippen LogP contribution in [0.25, 0.3) is 11.2 Å². The number of ether oxygens (including phenoxy) is 1. The summed E-state index contributed by atoms with van der Waals surface area (Å²) in [5.41, 5.74) is 2.93. The van der Waals surface area contributed by atoms with Crippen molar-refractivity contribution in [3.63, 3.8) is 0 Å². The highest BCUT2D eigenvalue weighted by molar-refractivity contribution is 6.08. The number of imidazole rings is 1. The fourth-order valence-electron chi connectivity index (χ4n) is 2.44. The molecule has 0 aliphatic rings. The van der Waals surface area contributed by atoms with Crippen LogP contribution in [-0.4, -0.2) is 43.6 Å². The first kappa shape index (κ1) is 18.3. The molecule has 2 heterocycles. The maximum absolute atomic E-state index is 12.7. The third kappa shape index (κ3) is 4.55. The van der Waals surface area contributed by atoms with Gasteiger partial charge in [-0.15, -0.1) is 0 Å². The van der Waals surface area contributed by atoms with Crippen molar-refractivity contribution in [2.45, 2.75) is 19.3 Å². The van der Waals surface area contributed by atoms with Crippen LogP contribution in [0.2, 0.25) is 0 Å². The summed E-state index contributed by atoms with van der Waals surface area (Å²) < 4.78 is 5.68. The number of nitrogens with one attached hydrogen (secondary N) is 3. The van der Waals surface area contributed by atoms with E-state index in [9.17, 15) is 9.59 Å². The first-order chi connectivity index (χ1) is 13.2. The molecule has 2 amide bonds. The standard InChI is InChI=1S/C17H18N6O4/c24-13(23-26)7-3-4-8-27-12-6-2-1-5-11(12)17(25)22-16-14-15(19-9-18-14)20-10-21-16/h1-2,5-6,9-10,26H,3-4,7-8H2,(H,23,24)(H2,18,19,20,21,22,25). The molecule has 0 fully saturated rings. The van der Waals surface area contributed by atoms with E-state index in [4.69, 9.17) is 9.94 Å². The van der Waals surface area contributed by atoms with Crippen molar-refractivity contribution in [2.75, 3.05) is 11.9 Å². The molecule has 3 rings (SSSR count). The monoisotopic (exact) mass is 370 g/mol. The van der Waals surface area contributed by atoms with Gasteiger partial charge in [-0.2, -0.15) is 0 Å². The summed E-state index contributed by atoms with van der Waals surface area (Å²) in [7, 11) is 0. The first-order valence-electron chi connectivity index (χ1n) is 8.29. The predicted octanol–water partition coefficient (Wildman–Crippen LogP) is 1.66. The molecule has 10 nitrogen and oxygen atoms in total. The van der Waals surface area contributed by atoms with Gasteiger partial charge in [0.2, 0.25) is 5.91 Å². The van der Waals surface area contributed by atoms with Crippen LogP contribution in [0.4, 0.5) is 5.82 Å². The SMILES string of the molecule is O=C(CCCCOc1ccccc1C(=O)Nc1ncnc2nc[nH]c12)NO. The van der Waals surface area contributed by atoms with Gasteiger partial charge in [0.15, 0.2) is 11.5 Å². The summed E-state index contributed by atoms with van der Waals surface area (Å²) in [6.45, 7) is 0.335. The zero-order valence-electron chi connectivity index (χ0n) is 14.3. The van der Waals surface area contributed by atoms with Gasteiger partial charge in [-0.25, -0.2) is 20.4 Å². The van der Waals surface area contributed by atoms with Crippen molar-refractivity contribution in [2.24, 2.45) is 0 Å². The number of carbonyl (C=O) groups excluding carboxylic acids is 2. The summed E-state index contributed by atoms with van der Waals surface area (Å²) in [5.74, 6) is -0.0616. The summed E-state index contributed by atoms with van der Waals surface area (Å²) in [5, 5.41) is 11.2. The largest absolute Gasteiger partial charge is 0.493 e. The smallest absolute Gasteiger partial charge is 0.260 e. The number of hydroxylamine groups is 1. The summed E-state index contributed by atoms with van der Waals surface area (Å²) in [4.78, 5) is 38.6. The van der Waals surface area contributed by atoms with Crippen molar-refractivity contribution in [1.29, 1.82) is 0 Å². The highest BCUT2D eigenvalue weighted by Gasteiger charge is 2.15. The molecule has 0 unspecified atom stereocenters. The van der Waals surface area contributed by atoms with Crippen molar-refractivity contribution in [3.8, 4) is 5.75 Å². The van der Waals surface area contributed by atoms with Crippen LogP contribution in [-0.2, 0) is 4.79 Å². The minimum atomic E-state index is -0.440. The van der Waals surface area contributed by atoms with E-state index >= 15 is 0 Å². The molecule has 0 aliphatic carbocycles. The Morgan fingerprint density at radius 3 is 2.85 bits per heavy atom. The molecule has 4 N–H and O–H groups in total. The quantitative estimate of drug-likeness (QED) is 0.268. The van der Waals surface area contributed by atoms with Crippen LogP contribution < -0.4 is 15.5 Å². The number of hydrogen-bond donors (Lipinski definition) is 4. The van der Waals surface area contributed by atoms with Gasteiger partial charge in [-0.1, -0.05) is 12.1 Å². The lowest BCUT2D eigenvalue weighted by Crippen LogP contribution is -2.18. The van der Waals surface area contributed by atoms with E-state index in [1.165, 1.54) is 12.7 Å². The van der Waals surface area contributed by atoms with Crippen molar-refractivity contribution in [3.05, 3.63) is 42.5 Å². The third-order valence-electron chi connectivity index (χ3n) is 3.77. The van der Waals surface area contributed by atoms with Crippen molar-refractivity contribution in [1.82, 2.24) is 25.4 Å². The van der Waals surface area contributed by atoms with Crippen molar-refractivity contribution >= 4 is 28.8 Å². The van der Waals surface area contributed by atoms with Crippen LogP contribution in [0.3, 0.4) is 0 Å². The zero-order chi connectivity index (χ0) is 19.1. The number of amides is 2. The summed E-state index contributed by atoms with van der Waals surface area (Å²) >= 11 is 0. The number of unbranched alkanes of at least 4 members (excludes halogenated alkanes) is 1. The first-order valence-corrected chi connectivity index (χ1v) is 8.29. The molecule has 3 aromatic rings. The second-order valence-electron chi connectivity index (χ2n) is 5.61. The van der Waals surface area contributed by atoms with E-state index < -0.39 is 5.91 Å². The summed E-state index contributed by atoms with van der Waals surface area (Å²) in [6, 6.07) is 6.85. The average Bonchev–Trinajstić information content (AvgIpc) is 3.17. The van der Waals surface area contributed by atoms with Gasteiger partial charge >= 0.3 is 0 Å². The number of nitrogens with zero attached hydrogens (tertiary/aromatic N) is 3. The van der Waals surface area contributed by atoms with Gasteiger partial charge in [0, 0.05) is 6.42 Å². The number of anilines is 1. The molecule has 0 spiro atoms. The molecule has 1 aromatic carbocycles. The number of para-hydroxylation sites is 1. The number of aromatic amines is 1. The van der Waals surface area contributed by atoms with E-state index in [1.807, 2.05) is 0 Å². The maximum Gasteiger partial charge on any atom is 0.260 e. The highest BCUT2D eigenvalue weighted by Crippen LogP contribution is 2.21. The van der Waals surface area contributed by atoms with Gasteiger partial charge in [-0.05, 0) is 25.0 Å². The van der Waals surface area contributed by atoms with Crippen LogP contribution in [0.1, 0.15) is 29.6 Å². The molecule has 27 heavy (non-hydrogen) atoms. The predicted molar refractivity (Wildman–Crippen MR) is 95.4 cm³/mol. The van der Waals surface area contributed by atoms with Crippen LogP contribution in [0.15, 0.2) is 36.9 Å². The zero-order valence-corrected chi connectivity index (χ0v) is 14.3. The van der Waals surface area contributed by atoms with Crippen LogP contribution in [0, 0.1) is 0 Å². The van der Waals surface area contributed by atoms with Gasteiger partial charge in [-0.3, -0.25) is 14.8 Å². The molecule has 0 saturated heterocycles. The number of hydrogen-bond acceptors (Lipinski definition) is 7. The van der Waals surface area contributed by atoms with Crippen LogP contribution >= 0.6 is 0 Å². The Bertz CT molecular complexity index is 942. The van der Waals surface area contributed by atoms with Gasteiger partial charge in [0.05, 0.1) is 18.5 Å².